The van der Waals surface area contributed by atoms with Gasteiger partial charge in [0, 0.05) is 50.0 Å². The van der Waals surface area contributed by atoms with E-state index in [0.29, 0.717) is 23.4 Å². The first-order valence-corrected chi connectivity index (χ1v) is 21.8. The highest BCUT2D eigenvalue weighted by atomic mass is 32.1. The van der Waals surface area contributed by atoms with E-state index in [-0.39, 0.29) is 6.04 Å². The number of allylic oxidation sites excluding steroid dienone is 3. The van der Waals surface area contributed by atoms with Crippen LogP contribution >= 0.6 is 11.3 Å². The van der Waals surface area contributed by atoms with Gasteiger partial charge in [-0.3, -0.25) is 0 Å². The normalized spacial score (nSPS) is 16.0. The Morgan fingerprint density at radius 2 is 0.902 bits per heavy atom. The molecule has 0 saturated carbocycles. The van der Waals surface area contributed by atoms with Gasteiger partial charge in [-0.05, 0) is 69.0 Å². The van der Waals surface area contributed by atoms with Gasteiger partial charge in [0.25, 0.3) is 0 Å². The Hall–Kier alpha value is -7.21. The molecule has 0 N–H and O–H groups in total. The maximum absolute atomic E-state index is 5.03. The van der Waals surface area contributed by atoms with Crippen molar-refractivity contribution in [3.05, 3.63) is 221 Å². The van der Waals surface area contributed by atoms with Crippen molar-refractivity contribution in [3.63, 3.8) is 0 Å². The number of hydrogen-bond donors (Lipinski definition) is 0. The molecule has 61 heavy (non-hydrogen) atoms. The van der Waals surface area contributed by atoms with E-state index in [1.165, 1.54) is 59.6 Å². The van der Waals surface area contributed by atoms with Crippen molar-refractivity contribution in [2.24, 2.45) is 5.92 Å². The molecule has 2 aromatic heterocycles. The third kappa shape index (κ3) is 6.77. The molecule has 2 aliphatic rings. The first-order chi connectivity index (χ1) is 30.1. The van der Waals surface area contributed by atoms with Crippen LogP contribution in [0.5, 0.6) is 0 Å². The molecule has 1 aliphatic heterocycles. The van der Waals surface area contributed by atoms with Crippen molar-refractivity contribution in [3.8, 4) is 56.4 Å². The molecule has 0 spiro atoms. The second kappa shape index (κ2) is 15.4. The molecular formula is C56H42N4S. The number of nitrogens with zero attached hydrogens (tertiary/aromatic N) is 4. The second-order valence-electron chi connectivity index (χ2n) is 16.1. The maximum atomic E-state index is 5.03. The van der Waals surface area contributed by atoms with E-state index in [9.17, 15) is 0 Å². The molecular weight excluding hydrogens is 761 g/mol. The predicted octanol–water partition coefficient (Wildman–Crippen LogP) is 14.3. The highest BCUT2D eigenvalue weighted by Gasteiger charge is 2.38. The molecule has 11 rings (SSSR count). The fourth-order valence-electron chi connectivity index (χ4n) is 9.19. The van der Waals surface area contributed by atoms with Gasteiger partial charge in [0.1, 0.15) is 0 Å². The van der Waals surface area contributed by atoms with E-state index >= 15 is 0 Å². The smallest absolute Gasteiger partial charge is 0.164 e. The maximum Gasteiger partial charge on any atom is 0.164 e. The summed E-state index contributed by atoms with van der Waals surface area (Å²) in [4.78, 5) is 18.9. The van der Waals surface area contributed by atoms with Crippen LogP contribution in [0, 0.1) is 5.92 Å². The molecule has 1 aliphatic carbocycles. The van der Waals surface area contributed by atoms with Crippen LogP contribution in [0.2, 0.25) is 0 Å². The van der Waals surface area contributed by atoms with Crippen LogP contribution in [0.25, 0.3) is 77.6 Å². The predicted molar refractivity (Wildman–Crippen MR) is 254 cm³/mol. The van der Waals surface area contributed by atoms with Crippen molar-refractivity contribution in [1.29, 1.82) is 0 Å². The number of benzene rings is 7. The number of aromatic nitrogens is 3. The Labute approximate surface area is 360 Å². The summed E-state index contributed by atoms with van der Waals surface area (Å²) < 4.78 is 1.35. The molecule has 0 radical (unpaired) electrons. The highest BCUT2D eigenvalue weighted by molar-refractivity contribution is 7.19. The molecule has 4 nitrogen and oxygen atoms in total. The molecule has 2 atom stereocenters. The molecule has 0 saturated heterocycles. The van der Waals surface area contributed by atoms with Gasteiger partial charge in [0.2, 0.25) is 0 Å². The van der Waals surface area contributed by atoms with Gasteiger partial charge in [-0.15, -0.1) is 11.3 Å². The summed E-state index contributed by atoms with van der Waals surface area (Å²) in [6.07, 6.45) is 3.49. The lowest BCUT2D eigenvalue weighted by atomic mass is 9.76. The zero-order chi connectivity index (χ0) is 40.9. The van der Waals surface area contributed by atoms with Gasteiger partial charge in [0.15, 0.2) is 17.5 Å². The van der Waals surface area contributed by atoms with Gasteiger partial charge in [0.05, 0.1) is 6.04 Å². The first-order valence-electron chi connectivity index (χ1n) is 21.0. The van der Waals surface area contributed by atoms with E-state index in [1.54, 1.807) is 0 Å². The van der Waals surface area contributed by atoms with Crippen LogP contribution in [-0.4, -0.2) is 26.9 Å². The zero-order valence-electron chi connectivity index (χ0n) is 34.0. The Morgan fingerprint density at radius 1 is 0.475 bits per heavy atom. The van der Waals surface area contributed by atoms with Crippen molar-refractivity contribution in [2.75, 3.05) is 7.05 Å². The molecule has 0 bridgehead atoms. The standard InChI is InChI=1S/C56H42N4S/c1-36-34-46(38-16-8-4-9-17-38)35-48-50(36)51-47-20-12-13-21-49(47)61-53(51)52(60(48)2)42-28-22-40(23-29-42)41-26-32-45(33-27-41)56-58-54(43-18-10-5-11-19-43)57-55(59-56)44-30-24-39(25-31-44)37-14-6-3-7-15-37/h3-33,35-36,52H,34H2,1-2H3. The molecule has 292 valence electrons. The monoisotopic (exact) mass is 802 g/mol. The Bertz CT molecular complexity index is 3100. The van der Waals surface area contributed by atoms with Gasteiger partial charge in [-0.2, -0.15) is 0 Å². The van der Waals surface area contributed by atoms with E-state index < -0.39 is 0 Å². The number of hydrogen-bond acceptors (Lipinski definition) is 5. The average Bonchev–Trinajstić information content (AvgIpc) is 3.71. The molecule has 0 amide bonds. The number of fused-ring (bicyclic) bond motifs is 4. The fourth-order valence-corrected chi connectivity index (χ4v) is 10.6. The summed E-state index contributed by atoms with van der Waals surface area (Å²) in [6.45, 7) is 2.41. The first kappa shape index (κ1) is 36.8. The highest BCUT2D eigenvalue weighted by Crippen LogP contribution is 2.54. The van der Waals surface area contributed by atoms with Crippen molar-refractivity contribution in [2.45, 2.75) is 19.4 Å². The zero-order valence-corrected chi connectivity index (χ0v) is 34.9. The lowest BCUT2D eigenvalue weighted by molar-refractivity contribution is 0.357. The lowest BCUT2D eigenvalue weighted by Crippen LogP contribution is -2.31. The average molecular weight is 803 g/mol. The van der Waals surface area contributed by atoms with Gasteiger partial charge >= 0.3 is 0 Å². The molecule has 3 heterocycles. The van der Waals surface area contributed by atoms with Crippen LogP contribution in [-0.2, 0) is 0 Å². The minimum atomic E-state index is 0.104. The summed E-state index contributed by atoms with van der Waals surface area (Å²) in [5.41, 5.74) is 15.7. The van der Waals surface area contributed by atoms with Crippen molar-refractivity contribution >= 4 is 32.6 Å². The molecule has 9 aromatic rings. The molecule has 5 heteroatoms. The second-order valence-corrected chi connectivity index (χ2v) is 17.2. The molecule has 0 fully saturated rings. The molecule has 7 aromatic carbocycles. The van der Waals surface area contributed by atoms with Crippen LogP contribution in [0.4, 0.5) is 0 Å². The fraction of sp³-hybridized carbons (Fsp3) is 0.0893. The third-order valence-corrected chi connectivity index (χ3v) is 13.5. The van der Waals surface area contributed by atoms with Crippen molar-refractivity contribution in [1.82, 2.24) is 19.9 Å². The Balaban J connectivity index is 0.920. The SMILES string of the molecule is CC1CC(c2ccccc2)=CC2=C1c1c(sc3ccccc13)C(c1ccc(-c3ccc(-c4nc(-c5ccccc5)nc(-c5ccc(-c6ccccc6)cc5)n4)cc3)cc1)N2C. The Kier molecular flexibility index (Phi) is 9.32. The van der Waals surface area contributed by atoms with E-state index in [2.05, 4.69) is 177 Å². The number of rotatable bonds is 7. The summed E-state index contributed by atoms with van der Waals surface area (Å²) in [5.74, 6) is 2.35. The topological polar surface area (TPSA) is 41.9 Å². The van der Waals surface area contributed by atoms with E-state index in [1.807, 2.05) is 47.7 Å². The van der Waals surface area contributed by atoms with Crippen LogP contribution in [0.15, 0.2) is 200 Å². The summed E-state index contributed by atoms with van der Waals surface area (Å²) >= 11 is 1.95. The summed E-state index contributed by atoms with van der Waals surface area (Å²) in [6, 6.07) is 66.8. The van der Waals surface area contributed by atoms with Gasteiger partial charge in [-0.25, -0.2) is 15.0 Å². The third-order valence-electron chi connectivity index (χ3n) is 12.3. The van der Waals surface area contributed by atoms with E-state index in [4.69, 9.17) is 15.0 Å². The Morgan fingerprint density at radius 3 is 1.46 bits per heavy atom. The van der Waals surface area contributed by atoms with Crippen LogP contribution in [0.1, 0.15) is 41.0 Å². The molecule has 2 unspecified atom stereocenters. The van der Waals surface area contributed by atoms with Gasteiger partial charge in [-0.1, -0.05) is 189 Å². The quantitative estimate of drug-likeness (QED) is 0.161. The number of thiophene rings is 1. The summed E-state index contributed by atoms with van der Waals surface area (Å²) in [5, 5.41) is 1.37. The minimum Gasteiger partial charge on any atom is -0.362 e. The van der Waals surface area contributed by atoms with Crippen LogP contribution in [0.3, 0.4) is 0 Å². The lowest BCUT2D eigenvalue weighted by Gasteiger charge is -2.41. The van der Waals surface area contributed by atoms with Crippen molar-refractivity contribution < 1.29 is 0 Å². The van der Waals surface area contributed by atoms with Crippen LogP contribution < -0.4 is 0 Å². The summed E-state index contributed by atoms with van der Waals surface area (Å²) in [7, 11) is 2.28. The largest absolute Gasteiger partial charge is 0.362 e. The van der Waals surface area contributed by atoms with E-state index in [0.717, 1.165) is 34.2 Å². The van der Waals surface area contributed by atoms with Gasteiger partial charge < -0.3 is 4.90 Å². The number of likely N-dealkylation sites (N-methyl/N-ethyl adjacent to an activating group) is 1. The minimum absolute atomic E-state index is 0.104.